The molecule has 2 aromatic rings. The minimum absolute atomic E-state index is 0.0566. The predicted octanol–water partition coefficient (Wildman–Crippen LogP) is 4.98. The van der Waals surface area contributed by atoms with E-state index in [0.29, 0.717) is 0 Å². The molecule has 0 saturated heterocycles. The quantitative estimate of drug-likeness (QED) is 0.662. The van der Waals surface area contributed by atoms with Crippen LogP contribution in [0, 0.1) is 17.4 Å². The summed E-state index contributed by atoms with van der Waals surface area (Å²) < 4.78 is 2.11. The highest BCUT2D eigenvalue weighted by Crippen LogP contribution is 2.28. The van der Waals surface area contributed by atoms with Crippen molar-refractivity contribution >= 4 is 61.5 Å². The first-order valence-corrected chi connectivity index (χ1v) is 7.99. The third-order valence-electron chi connectivity index (χ3n) is 2.53. The molecule has 1 aromatic carbocycles. The standard InChI is InChI=1S/C13H11BrINOS/c1-7-3-4-9(15)6-10(7)16-13(17)11-5-8(2)12(14)18-11/h3-6H,1-2H3,(H,16,17). The Labute approximate surface area is 132 Å². The number of benzene rings is 1. The van der Waals surface area contributed by atoms with Gasteiger partial charge < -0.3 is 5.32 Å². The second-order valence-corrected chi connectivity index (χ2v) is 7.60. The topological polar surface area (TPSA) is 29.1 Å². The highest BCUT2D eigenvalue weighted by atomic mass is 127. The molecule has 0 atom stereocenters. The summed E-state index contributed by atoms with van der Waals surface area (Å²) in [7, 11) is 0. The second kappa shape index (κ2) is 5.71. The van der Waals surface area contributed by atoms with Gasteiger partial charge in [0.15, 0.2) is 0 Å². The van der Waals surface area contributed by atoms with Gasteiger partial charge in [0.1, 0.15) is 0 Å². The summed E-state index contributed by atoms with van der Waals surface area (Å²) in [4.78, 5) is 12.8. The van der Waals surface area contributed by atoms with E-state index in [2.05, 4.69) is 43.8 Å². The van der Waals surface area contributed by atoms with Crippen molar-refractivity contribution in [2.45, 2.75) is 13.8 Å². The molecule has 0 radical (unpaired) electrons. The molecule has 0 saturated carbocycles. The van der Waals surface area contributed by atoms with E-state index in [1.807, 2.05) is 38.1 Å². The lowest BCUT2D eigenvalue weighted by molar-refractivity contribution is 0.103. The van der Waals surface area contributed by atoms with Crippen molar-refractivity contribution in [1.29, 1.82) is 0 Å². The zero-order chi connectivity index (χ0) is 13.3. The van der Waals surface area contributed by atoms with Gasteiger partial charge in [0.25, 0.3) is 5.91 Å². The molecule has 0 bridgehead atoms. The van der Waals surface area contributed by atoms with E-state index in [4.69, 9.17) is 0 Å². The Morgan fingerprint density at radius 2 is 2.00 bits per heavy atom. The van der Waals surface area contributed by atoms with Gasteiger partial charge in [-0.1, -0.05) is 6.07 Å². The molecule has 1 aromatic heterocycles. The van der Waals surface area contributed by atoms with Crippen molar-refractivity contribution in [2.24, 2.45) is 0 Å². The fourth-order valence-corrected chi connectivity index (χ4v) is 3.41. The molecule has 0 spiro atoms. The van der Waals surface area contributed by atoms with Crippen LogP contribution in [-0.4, -0.2) is 5.91 Å². The number of thiophene rings is 1. The fraction of sp³-hybridized carbons (Fsp3) is 0.154. The van der Waals surface area contributed by atoms with Gasteiger partial charge in [-0.15, -0.1) is 11.3 Å². The van der Waals surface area contributed by atoms with E-state index in [-0.39, 0.29) is 5.91 Å². The van der Waals surface area contributed by atoms with E-state index in [0.717, 1.165) is 29.0 Å². The third kappa shape index (κ3) is 3.13. The molecule has 1 amide bonds. The van der Waals surface area contributed by atoms with E-state index in [9.17, 15) is 4.79 Å². The molecule has 0 aliphatic carbocycles. The van der Waals surface area contributed by atoms with Gasteiger partial charge in [0.2, 0.25) is 0 Å². The van der Waals surface area contributed by atoms with Crippen molar-refractivity contribution in [1.82, 2.24) is 0 Å². The average Bonchev–Trinajstić information content (AvgIpc) is 2.64. The van der Waals surface area contributed by atoms with Crippen LogP contribution in [0.5, 0.6) is 0 Å². The molecule has 5 heteroatoms. The Bertz CT molecular complexity index is 590. The van der Waals surface area contributed by atoms with Crippen molar-refractivity contribution in [2.75, 3.05) is 5.32 Å². The number of hydrogen-bond acceptors (Lipinski definition) is 2. The van der Waals surface area contributed by atoms with E-state index in [1.54, 1.807) is 0 Å². The molecule has 18 heavy (non-hydrogen) atoms. The van der Waals surface area contributed by atoms with Gasteiger partial charge in [0.05, 0.1) is 8.66 Å². The Morgan fingerprint density at radius 1 is 1.28 bits per heavy atom. The zero-order valence-corrected chi connectivity index (χ0v) is 14.4. The van der Waals surface area contributed by atoms with Crippen molar-refractivity contribution < 1.29 is 4.79 Å². The maximum absolute atomic E-state index is 12.1. The average molecular weight is 436 g/mol. The molecular formula is C13H11BrINOS. The number of amides is 1. The molecule has 1 N–H and O–H groups in total. The summed E-state index contributed by atoms with van der Waals surface area (Å²) in [6.45, 7) is 3.97. The molecule has 1 heterocycles. The smallest absolute Gasteiger partial charge is 0.265 e. The SMILES string of the molecule is Cc1ccc(I)cc1NC(=O)c1cc(C)c(Br)s1. The van der Waals surface area contributed by atoms with Gasteiger partial charge >= 0.3 is 0 Å². The van der Waals surface area contributed by atoms with Crippen molar-refractivity contribution in [3.05, 3.63) is 47.6 Å². The molecule has 0 aliphatic rings. The first-order chi connectivity index (χ1) is 8.47. The summed E-state index contributed by atoms with van der Waals surface area (Å²) in [6, 6.07) is 7.90. The first kappa shape index (κ1) is 14.0. The van der Waals surface area contributed by atoms with Crippen molar-refractivity contribution in [3.8, 4) is 0 Å². The largest absolute Gasteiger partial charge is 0.321 e. The van der Waals surface area contributed by atoms with Crippen LogP contribution in [0.3, 0.4) is 0 Å². The Hall–Kier alpha value is -0.400. The van der Waals surface area contributed by atoms with Crippen LogP contribution < -0.4 is 5.32 Å². The van der Waals surface area contributed by atoms with Gasteiger partial charge in [0, 0.05) is 9.26 Å². The van der Waals surface area contributed by atoms with Crippen LogP contribution in [0.25, 0.3) is 0 Å². The second-order valence-electron chi connectivity index (χ2n) is 3.98. The van der Waals surface area contributed by atoms with Crippen LogP contribution >= 0.6 is 49.9 Å². The molecule has 2 nitrogen and oxygen atoms in total. The molecule has 94 valence electrons. The van der Waals surface area contributed by atoms with Crippen LogP contribution in [0.1, 0.15) is 20.8 Å². The molecule has 0 aliphatic heterocycles. The number of rotatable bonds is 2. The van der Waals surface area contributed by atoms with E-state index < -0.39 is 0 Å². The molecule has 0 fully saturated rings. The van der Waals surface area contributed by atoms with Crippen LogP contribution in [0.2, 0.25) is 0 Å². The summed E-state index contributed by atoms with van der Waals surface area (Å²) in [5, 5.41) is 2.95. The summed E-state index contributed by atoms with van der Waals surface area (Å²) in [5.41, 5.74) is 3.02. The number of anilines is 1. The lowest BCUT2D eigenvalue weighted by Crippen LogP contribution is -2.11. The van der Waals surface area contributed by atoms with Crippen LogP contribution in [0.4, 0.5) is 5.69 Å². The summed E-state index contributed by atoms with van der Waals surface area (Å²) >= 11 is 7.12. The minimum Gasteiger partial charge on any atom is -0.321 e. The maximum atomic E-state index is 12.1. The maximum Gasteiger partial charge on any atom is 0.265 e. The first-order valence-electron chi connectivity index (χ1n) is 5.31. The minimum atomic E-state index is -0.0566. The fourth-order valence-electron chi connectivity index (χ4n) is 1.48. The monoisotopic (exact) mass is 435 g/mol. The third-order valence-corrected chi connectivity index (χ3v) is 5.34. The van der Waals surface area contributed by atoms with Gasteiger partial charge in [-0.3, -0.25) is 4.79 Å². The number of carbonyl (C=O) groups is 1. The highest BCUT2D eigenvalue weighted by Gasteiger charge is 2.12. The lowest BCUT2D eigenvalue weighted by Gasteiger charge is -2.07. The number of hydrogen-bond donors (Lipinski definition) is 1. The van der Waals surface area contributed by atoms with Crippen LogP contribution in [0.15, 0.2) is 28.1 Å². The normalized spacial score (nSPS) is 10.4. The number of nitrogens with one attached hydrogen (secondary N) is 1. The van der Waals surface area contributed by atoms with Gasteiger partial charge in [-0.2, -0.15) is 0 Å². The van der Waals surface area contributed by atoms with E-state index >= 15 is 0 Å². The number of halogens is 2. The van der Waals surface area contributed by atoms with Gasteiger partial charge in [-0.25, -0.2) is 0 Å². The zero-order valence-electron chi connectivity index (χ0n) is 9.88. The Kier molecular flexibility index (Phi) is 4.45. The molecule has 2 rings (SSSR count). The van der Waals surface area contributed by atoms with Crippen molar-refractivity contribution in [3.63, 3.8) is 0 Å². The number of carbonyl (C=O) groups excluding carboxylic acids is 1. The van der Waals surface area contributed by atoms with E-state index in [1.165, 1.54) is 11.3 Å². The molecule has 0 unspecified atom stereocenters. The number of aryl methyl sites for hydroxylation is 2. The van der Waals surface area contributed by atoms with Gasteiger partial charge in [-0.05, 0) is 81.7 Å². The predicted molar refractivity (Wildman–Crippen MR) is 88.6 cm³/mol. The summed E-state index contributed by atoms with van der Waals surface area (Å²) in [6.07, 6.45) is 0. The van der Waals surface area contributed by atoms with Crippen LogP contribution in [-0.2, 0) is 0 Å². The Balaban J connectivity index is 2.23. The molecular weight excluding hydrogens is 425 g/mol. The summed E-state index contributed by atoms with van der Waals surface area (Å²) in [5.74, 6) is -0.0566. The highest BCUT2D eigenvalue weighted by molar-refractivity contribution is 14.1. The lowest BCUT2D eigenvalue weighted by atomic mass is 10.2. The Morgan fingerprint density at radius 3 is 2.61 bits per heavy atom.